The lowest BCUT2D eigenvalue weighted by Gasteiger charge is -2.24. The van der Waals surface area contributed by atoms with E-state index in [1.165, 1.54) is 0 Å². The van der Waals surface area contributed by atoms with Crippen molar-refractivity contribution in [3.05, 3.63) is 69.1 Å². The molecule has 0 radical (unpaired) electrons. The van der Waals surface area contributed by atoms with Crippen LogP contribution in [0.2, 0.25) is 0 Å². The minimum Gasteiger partial charge on any atom is -0.326 e. The van der Waals surface area contributed by atoms with Crippen LogP contribution in [0.25, 0.3) is 0 Å². The van der Waals surface area contributed by atoms with Gasteiger partial charge in [0.05, 0.1) is 6.54 Å². The molecule has 0 spiro atoms. The van der Waals surface area contributed by atoms with Gasteiger partial charge in [0, 0.05) is 17.7 Å². The van der Waals surface area contributed by atoms with Gasteiger partial charge in [-0.3, -0.25) is 4.79 Å². The van der Waals surface area contributed by atoms with E-state index in [0.29, 0.717) is 13.1 Å². The van der Waals surface area contributed by atoms with E-state index in [4.69, 9.17) is 11.0 Å². The molecule has 0 saturated heterocycles. The number of hydrogen-bond acceptors (Lipinski definition) is 3. The highest BCUT2D eigenvalue weighted by atomic mass is 16.1. The Morgan fingerprint density at radius 1 is 1.09 bits per heavy atom. The zero-order valence-corrected chi connectivity index (χ0v) is 13.3. The first-order valence-corrected chi connectivity index (χ1v) is 7.29. The topological polar surface area (TPSA) is 71.8 Å². The van der Waals surface area contributed by atoms with Gasteiger partial charge >= 0.3 is 0 Å². The Labute approximate surface area is 130 Å². The molecule has 0 amide bonds. The van der Waals surface area contributed by atoms with Gasteiger partial charge in [0.1, 0.15) is 11.6 Å². The quantitative estimate of drug-likeness (QED) is 0.945. The fraction of sp³-hybridized carbons (Fsp3) is 0.333. The van der Waals surface area contributed by atoms with Gasteiger partial charge in [-0.15, -0.1) is 0 Å². The maximum Gasteiger partial charge on any atom is 0.268 e. The molecular formula is C18H21N3O. The van der Waals surface area contributed by atoms with Crippen molar-refractivity contribution >= 4 is 0 Å². The molecule has 2 rings (SSSR count). The summed E-state index contributed by atoms with van der Waals surface area (Å²) < 4.78 is 1.69. The number of hydrogen-bond donors (Lipinski definition) is 1. The van der Waals surface area contributed by atoms with E-state index in [9.17, 15) is 4.79 Å². The fourth-order valence-electron chi connectivity index (χ4n) is 2.44. The average Bonchev–Trinajstić information content (AvgIpc) is 2.48. The van der Waals surface area contributed by atoms with Gasteiger partial charge in [-0.25, -0.2) is 0 Å². The lowest BCUT2D eigenvalue weighted by atomic mass is 9.90. The molecule has 2 aromatic rings. The lowest BCUT2D eigenvalue weighted by Crippen LogP contribution is -2.31. The average molecular weight is 295 g/mol. The SMILES string of the molecule is CC(C)(C)c1ccc(C#N)c(=O)n1Cc1ccc(CN)cc1. The predicted octanol–water partition coefficient (Wildman–Crippen LogP) is 2.52. The van der Waals surface area contributed by atoms with Gasteiger partial charge in [-0.2, -0.15) is 5.26 Å². The van der Waals surface area contributed by atoms with Gasteiger partial charge in [0.25, 0.3) is 5.56 Å². The van der Waals surface area contributed by atoms with Crippen LogP contribution in [-0.4, -0.2) is 4.57 Å². The first-order chi connectivity index (χ1) is 10.4. The third kappa shape index (κ3) is 3.26. The lowest BCUT2D eigenvalue weighted by molar-refractivity contribution is 0.517. The maximum atomic E-state index is 12.5. The summed E-state index contributed by atoms with van der Waals surface area (Å²) in [6.07, 6.45) is 0. The molecule has 0 bridgehead atoms. The molecule has 0 saturated carbocycles. The summed E-state index contributed by atoms with van der Waals surface area (Å²) in [6, 6.07) is 13.3. The van der Waals surface area contributed by atoms with E-state index in [1.54, 1.807) is 10.6 Å². The van der Waals surface area contributed by atoms with Crippen molar-refractivity contribution in [3.63, 3.8) is 0 Å². The van der Waals surface area contributed by atoms with Crippen molar-refractivity contribution in [2.45, 2.75) is 39.3 Å². The highest BCUT2D eigenvalue weighted by Crippen LogP contribution is 2.22. The standard InChI is InChI=1S/C18H21N3O/c1-18(2,3)16-9-8-15(11-20)17(22)21(16)12-14-6-4-13(10-19)5-7-14/h4-9H,10,12,19H2,1-3H3. The normalized spacial score (nSPS) is 11.2. The molecular weight excluding hydrogens is 274 g/mol. The summed E-state index contributed by atoms with van der Waals surface area (Å²) in [4.78, 5) is 12.5. The van der Waals surface area contributed by atoms with Gasteiger partial charge in [-0.05, 0) is 23.3 Å². The number of nitriles is 1. The van der Waals surface area contributed by atoms with Gasteiger partial charge in [-0.1, -0.05) is 45.0 Å². The minimum atomic E-state index is -0.238. The van der Waals surface area contributed by atoms with Crippen LogP contribution in [0.15, 0.2) is 41.2 Å². The van der Waals surface area contributed by atoms with Crippen molar-refractivity contribution in [1.29, 1.82) is 5.26 Å². The predicted molar refractivity (Wildman–Crippen MR) is 87.6 cm³/mol. The van der Waals surface area contributed by atoms with E-state index in [2.05, 4.69) is 20.8 Å². The molecule has 4 heteroatoms. The zero-order valence-electron chi connectivity index (χ0n) is 13.3. The number of aromatic nitrogens is 1. The molecule has 22 heavy (non-hydrogen) atoms. The van der Waals surface area contributed by atoms with Crippen molar-refractivity contribution < 1.29 is 0 Å². The Morgan fingerprint density at radius 2 is 1.68 bits per heavy atom. The summed E-state index contributed by atoms with van der Waals surface area (Å²) in [5.41, 5.74) is 8.35. The molecule has 1 heterocycles. The van der Waals surface area contributed by atoms with Crippen molar-refractivity contribution in [2.75, 3.05) is 0 Å². The number of rotatable bonds is 3. The first kappa shape index (κ1) is 16.0. The largest absolute Gasteiger partial charge is 0.326 e. The zero-order chi connectivity index (χ0) is 16.3. The molecule has 1 aromatic heterocycles. The van der Waals surface area contributed by atoms with Crippen LogP contribution < -0.4 is 11.3 Å². The Hall–Kier alpha value is -2.38. The Kier molecular flexibility index (Phi) is 4.48. The highest BCUT2D eigenvalue weighted by Gasteiger charge is 2.20. The Morgan fingerprint density at radius 3 is 2.18 bits per heavy atom. The van der Waals surface area contributed by atoms with Gasteiger partial charge < -0.3 is 10.3 Å². The Bertz CT molecular complexity index is 759. The molecule has 1 aromatic carbocycles. The fourth-order valence-corrected chi connectivity index (χ4v) is 2.44. The number of pyridine rings is 1. The van der Waals surface area contributed by atoms with Crippen LogP contribution >= 0.6 is 0 Å². The van der Waals surface area contributed by atoms with Crippen molar-refractivity contribution in [1.82, 2.24) is 4.57 Å². The summed E-state index contributed by atoms with van der Waals surface area (Å²) in [6.45, 7) is 7.12. The van der Waals surface area contributed by atoms with Crippen LogP contribution in [0, 0.1) is 11.3 Å². The summed E-state index contributed by atoms with van der Waals surface area (Å²) >= 11 is 0. The molecule has 4 nitrogen and oxygen atoms in total. The van der Waals surface area contributed by atoms with E-state index in [0.717, 1.165) is 16.8 Å². The van der Waals surface area contributed by atoms with E-state index in [1.807, 2.05) is 36.4 Å². The van der Waals surface area contributed by atoms with Crippen LogP contribution in [0.3, 0.4) is 0 Å². The highest BCUT2D eigenvalue weighted by molar-refractivity contribution is 5.31. The third-order valence-electron chi connectivity index (χ3n) is 3.66. The summed E-state index contributed by atoms with van der Waals surface area (Å²) in [5.74, 6) is 0. The van der Waals surface area contributed by atoms with E-state index >= 15 is 0 Å². The third-order valence-corrected chi connectivity index (χ3v) is 3.66. The van der Waals surface area contributed by atoms with Crippen LogP contribution in [-0.2, 0) is 18.5 Å². The monoisotopic (exact) mass is 295 g/mol. The molecule has 0 atom stereocenters. The summed E-state index contributed by atoms with van der Waals surface area (Å²) in [5, 5.41) is 9.09. The molecule has 2 N–H and O–H groups in total. The van der Waals surface area contributed by atoms with Crippen LogP contribution in [0.4, 0.5) is 0 Å². The molecule has 0 aliphatic heterocycles. The van der Waals surface area contributed by atoms with Crippen molar-refractivity contribution in [2.24, 2.45) is 5.73 Å². The first-order valence-electron chi connectivity index (χ1n) is 7.29. The van der Waals surface area contributed by atoms with Gasteiger partial charge in [0.15, 0.2) is 0 Å². The van der Waals surface area contributed by atoms with Crippen molar-refractivity contribution in [3.8, 4) is 6.07 Å². The van der Waals surface area contributed by atoms with Gasteiger partial charge in [0.2, 0.25) is 0 Å². The Balaban J connectivity index is 2.52. The molecule has 0 unspecified atom stereocenters. The molecule has 114 valence electrons. The second-order valence-electron chi connectivity index (χ2n) is 6.41. The number of benzene rings is 1. The van der Waals surface area contributed by atoms with Crippen LogP contribution in [0.1, 0.15) is 43.2 Å². The van der Waals surface area contributed by atoms with Crippen LogP contribution in [0.5, 0.6) is 0 Å². The minimum absolute atomic E-state index is 0.173. The summed E-state index contributed by atoms with van der Waals surface area (Å²) in [7, 11) is 0. The van der Waals surface area contributed by atoms with E-state index < -0.39 is 0 Å². The maximum absolute atomic E-state index is 12.5. The smallest absolute Gasteiger partial charge is 0.268 e. The number of nitrogens with two attached hydrogens (primary N) is 1. The molecule has 0 aliphatic rings. The molecule has 0 fully saturated rings. The van der Waals surface area contributed by atoms with E-state index in [-0.39, 0.29) is 16.5 Å². The second-order valence-corrected chi connectivity index (χ2v) is 6.41. The molecule has 0 aliphatic carbocycles. The second kappa shape index (κ2) is 6.17. The number of nitrogens with zero attached hydrogens (tertiary/aromatic N) is 2.